The molecule has 3 rings (SSSR count). The zero-order valence-electron chi connectivity index (χ0n) is 11.4. The summed E-state index contributed by atoms with van der Waals surface area (Å²) in [6.07, 6.45) is -2.75. The highest BCUT2D eigenvalue weighted by Gasteiger charge is 2.30. The minimum atomic E-state index is -4.37. The van der Waals surface area contributed by atoms with Gasteiger partial charge in [-0.05, 0) is 31.2 Å². The maximum Gasteiger partial charge on any atom is 0.416 e. The second-order valence-electron chi connectivity index (χ2n) is 4.68. The summed E-state index contributed by atoms with van der Waals surface area (Å²) in [5.74, 6) is 0.526. The molecule has 0 aliphatic heterocycles. The molecule has 22 heavy (non-hydrogen) atoms. The topological polar surface area (TPSA) is 51.8 Å². The number of alkyl halides is 3. The van der Waals surface area contributed by atoms with Gasteiger partial charge in [0.25, 0.3) is 5.89 Å². The Balaban J connectivity index is 1.91. The van der Waals surface area contributed by atoms with Crippen LogP contribution in [0, 0.1) is 6.92 Å². The standard InChI is InChI=1S/C15H10F3N3O/c1-9-8-11(6-7-19-9)14-20-13(21-22-14)10-2-4-12(5-3-10)15(16,17)18/h2-8H,1H3. The lowest BCUT2D eigenvalue weighted by Gasteiger charge is -2.05. The van der Waals surface area contributed by atoms with Crippen LogP contribution < -0.4 is 0 Å². The monoisotopic (exact) mass is 305 g/mol. The number of halogens is 3. The van der Waals surface area contributed by atoms with E-state index >= 15 is 0 Å². The molecule has 1 aromatic carbocycles. The van der Waals surface area contributed by atoms with E-state index in [2.05, 4.69) is 15.1 Å². The molecule has 0 bridgehead atoms. The van der Waals surface area contributed by atoms with E-state index in [1.54, 1.807) is 18.3 Å². The fourth-order valence-corrected chi connectivity index (χ4v) is 1.94. The van der Waals surface area contributed by atoms with Crippen molar-refractivity contribution < 1.29 is 17.7 Å². The van der Waals surface area contributed by atoms with Crippen LogP contribution in [0.2, 0.25) is 0 Å². The van der Waals surface area contributed by atoms with Crippen molar-refractivity contribution in [2.24, 2.45) is 0 Å². The quantitative estimate of drug-likeness (QED) is 0.714. The summed E-state index contributed by atoms with van der Waals surface area (Å²) in [5.41, 5.74) is 1.24. The van der Waals surface area contributed by atoms with Gasteiger partial charge in [0.1, 0.15) is 0 Å². The molecule has 2 aromatic heterocycles. The van der Waals surface area contributed by atoms with Gasteiger partial charge in [0.05, 0.1) is 5.56 Å². The number of benzene rings is 1. The zero-order valence-corrected chi connectivity index (χ0v) is 11.4. The number of hydrogen-bond acceptors (Lipinski definition) is 4. The van der Waals surface area contributed by atoms with Gasteiger partial charge in [-0.25, -0.2) is 0 Å². The predicted molar refractivity (Wildman–Crippen MR) is 72.7 cm³/mol. The Hall–Kier alpha value is -2.70. The number of pyridine rings is 1. The zero-order chi connectivity index (χ0) is 15.7. The smallest absolute Gasteiger partial charge is 0.334 e. The molecule has 0 aliphatic rings. The summed E-state index contributed by atoms with van der Waals surface area (Å²) < 4.78 is 42.7. The Morgan fingerprint density at radius 3 is 2.36 bits per heavy atom. The van der Waals surface area contributed by atoms with Gasteiger partial charge in [0.2, 0.25) is 5.82 Å². The summed E-state index contributed by atoms with van der Waals surface area (Å²) in [6.45, 7) is 1.83. The van der Waals surface area contributed by atoms with Crippen LogP contribution in [0.1, 0.15) is 11.3 Å². The summed E-state index contributed by atoms with van der Waals surface area (Å²) in [6, 6.07) is 8.11. The van der Waals surface area contributed by atoms with Gasteiger partial charge < -0.3 is 4.52 Å². The number of hydrogen-bond donors (Lipinski definition) is 0. The Labute approximate surface area is 123 Å². The second kappa shape index (κ2) is 5.25. The lowest BCUT2D eigenvalue weighted by molar-refractivity contribution is -0.137. The molecule has 112 valence electrons. The minimum Gasteiger partial charge on any atom is -0.334 e. The van der Waals surface area contributed by atoms with E-state index in [-0.39, 0.29) is 5.82 Å². The summed E-state index contributed by atoms with van der Waals surface area (Å²) in [5, 5.41) is 3.80. The number of rotatable bonds is 2. The van der Waals surface area contributed by atoms with E-state index in [0.29, 0.717) is 17.0 Å². The van der Waals surface area contributed by atoms with Crippen LogP contribution in [0.3, 0.4) is 0 Å². The predicted octanol–water partition coefficient (Wildman–Crippen LogP) is 4.13. The van der Waals surface area contributed by atoms with Crippen molar-refractivity contribution in [1.29, 1.82) is 0 Å². The molecule has 0 radical (unpaired) electrons. The fraction of sp³-hybridized carbons (Fsp3) is 0.133. The van der Waals surface area contributed by atoms with Crippen molar-refractivity contribution in [3.05, 3.63) is 53.9 Å². The molecule has 4 nitrogen and oxygen atoms in total. The molecule has 0 atom stereocenters. The van der Waals surface area contributed by atoms with E-state index < -0.39 is 11.7 Å². The van der Waals surface area contributed by atoms with Crippen LogP contribution >= 0.6 is 0 Å². The van der Waals surface area contributed by atoms with Crippen molar-refractivity contribution in [2.75, 3.05) is 0 Å². The molecule has 0 saturated heterocycles. The van der Waals surface area contributed by atoms with E-state index in [0.717, 1.165) is 17.8 Å². The Kier molecular flexibility index (Phi) is 3.40. The lowest BCUT2D eigenvalue weighted by atomic mass is 10.1. The molecule has 0 amide bonds. The third-order valence-corrected chi connectivity index (χ3v) is 3.04. The molecule has 0 N–H and O–H groups in total. The number of aromatic nitrogens is 3. The summed E-state index contributed by atoms with van der Waals surface area (Å²) >= 11 is 0. The van der Waals surface area contributed by atoms with E-state index in [1.165, 1.54) is 12.1 Å². The first-order chi connectivity index (χ1) is 10.4. The van der Waals surface area contributed by atoms with Crippen LogP contribution in [0.15, 0.2) is 47.1 Å². The SMILES string of the molecule is Cc1cc(-c2nc(-c3ccc(C(F)(F)F)cc3)no2)ccn1. The average Bonchev–Trinajstić information content (AvgIpc) is 2.96. The second-order valence-corrected chi connectivity index (χ2v) is 4.68. The van der Waals surface area contributed by atoms with Crippen LogP contribution in [0.5, 0.6) is 0 Å². The fourth-order valence-electron chi connectivity index (χ4n) is 1.94. The van der Waals surface area contributed by atoms with Gasteiger partial charge in [-0.15, -0.1) is 0 Å². The molecular formula is C15H10F3N3O. The van der Waals surface area contributed by atoms with Crippen LogP contribution in [-0.4, -0.2) is 15.1 Å². The largest absolute Gasteiger partial charge is 0.416 e. The van der Waals surface area contributed by atoms with E-state index in [9.17, 15) is 13.2 Å². The molecule has 0 aliphatic carbocycles. The van der Waals surface area contributed by atoms with Crippen molar-refractivity contribution in [3.8, 4) is 22.8 Å². The van der Waals surface area contributed by atoms with Crippen molar-refractivity contribution in [2.45, 2.75) is 13.1 Å². The highest BCUT2D eigenvalue weighted by molar-refractivity contribution is 5.60. The molecule has 0 spiro atoms. The first-order valence-corrected chi connectivity index (χ1v) is 6.38. The molecule has 3 aromatic rings. The van der Waals surface area contributed by atoms with Gasteiger partial charge >= 0.3 is 6.18 Å². The van der Waals surface area contributed by atoms with Crippen LogP contribution in [0.4, 0.5) is 13.2 Å². The number of nitrogens with zero attached hydrogens (tertiary/aromatic N) is 3. The first kappa shape index (κ1) is 14.2. The van der Waals surface area contributed by atoms with Crippen LogP contribution in [0.25, 0.3) is 22.8 Å². The third-order valence-electron chi connectivity index (χ3n) is 3.04. The van der Waals surface area contributed by atoms with Gasteiger partial charge in [-0.3, -0.25) is 4.98 Å². The molecular weight excluding hydrogens is 295 g/mol. The third kappa shape index (κ3) is 2.83. The van der Waals surface area contributed by atoms with Crippen molar-refractivity contribution in [1.82, 2.24) is 15.1 Å². The van der Waals surface area contributed by atoms with E-state index in [4.69, 9.17) is 4.52 Å². The summed E-state index contributed by atoms with van der Waals surface area (Å²) in [7, 11) is 0. The minimum absolute atomic E-state index is 0.234. The molecule has 0 fully saturated rings. The molecule has 7 heteroatoms. The molecule has 2 heterocycles. The maximum atomic E-state index is 12.5. The van der Waals surface area contributed by atoms with Crippen molar-refractivity contribution in [3.63, 3.8) is 0 Å². The normalized spacial score (nSPS) is 11.6. The van der Waals surface area contributed by atoms with Gasteiger partial charge in [-0.1, -0.05) is 17.3 Å². The highest BCUT2D eigenvalue weighted by Crippen LogP contribution is 2.30. The van der Waals surface area contributed by atoms with Crippen LogP contribution in [-0.2, 0) is 6.18 Å². The lowest BCUT2D eigenvalue weighted by Crippen LogP contribution is -2.04. The Morgan fingerprint density at radius 2 is 1.73 bits per heavy atom. The van der Waals surface area contributed by atoms with Gasteiger partial charge in [0, 0.05) is 23.0 Å². The average molecular weight is 305 g/mol. The summed E-state index contributed by atoms with van der Waals surface area (Å²) in [4.78, 5) is 8.26. The van der Waals surface area contributed by atoms with Gasteiger partial charge in [0.15, 0.2) is 0 Å². The first-order valence-electron chi connectivity index (χ1n) is 6.38. The van der Waals surface area contributed by atoms with E-state index in [1.807, 2.05) is 6.92 Å². The van der Waals surface area contributed by atoms with Gasteiger partial charge in [-0.2, -0.15) is 18.2 Å². The molecule has 0 saturated carbocycles. The Bertz CT molecular complexity index is 794. The Morgan fingerprint density at radius 1 is 1.00 bits per heavy atom. The molecule has 0 unspecified atom stereocenters. The maximum absolute atomic E-state index is 12.5. The van der Waals surface area contributed by atoms with Crippen molar-refractivity contribution >= 4 is 0 Å². The number of aryl methyl sites for hydroxylation is 1. The highest BCUT2D eigenvalue weighted by atomic mass is 19.4.